The highest BCUT2D eigenvalue weighted by atomic mass is 32.1. The fraction of sp³-hybridized carbons (Fsp3) is 0.667. The second-order valence-corrected chi connectivity index (χ2v) is 4.57. The van der Waals surface area contributed by atoms with Crippen LogP contribution in [0.4, 0.5) is 0 Å². The van der Waals surface area contributed by atoms with Gasteiger partial charge in [0.25, 0.3) is 0 Å². The van der Waals surface area contributed by atoms with E-state index in [1.54, 1.807) is 11.3 Å². The monoisotopic (exact) mass is 182 g/mol. The first-order chi connectivity index (χ1) is 5.67. The molecule has 0 saturated heterocycles. The number of rotatable bonds is 2. The molecule has 0 bridgehead atoms. The third kappa shape index (κ3) is 1.00. The fourth-order valence-electron chi connectivity index (χ4n) is 1.80. The van der Waals surface area contributed by atoms with Crippen LogP contribution in [0.1, 0.15) is 30.3 Å². The molecule has 1 aliphatic carbocycles. The number of thiazole rings is 1. The minimum absolute atomic E-state index is 0.275. The Morgan fingerprint density at radius 1 is 1.67 bits per heavy atom. The Kier molecular flexibility index (Phi) is 1.73. The van der Waals surface area contributed by atoms with E-state index in [0.717, 1.165) is 0 Å². The lowest BCUT2D eigenvalue weighted by Crippen LogP contribution is -2.31. The van der Waals surface area contributed by atoms with Crippen molar-refractivity contribution in [3.05, 3.63) is 16.1 Å². The lowest BCUT2D eigenvalue weighted by molar-refractivity contribution is 0.562. The van der Waals surface area contributed by atoms with Crippen molar-refractivity contribution in [2.24, 2.45) is 5.73 Å². The van der Waals surface area contributed by atoms with E-state index in [1.807, 2.05) is 5.51 Å². The van der Waals surface area contributed by atoms with Gasteiger partial charge < -0.3 is 5.73 Å². The highest BCUT2D eigenvalue weighted by Crippen LogP contribution is 2.52. The summed E-state index contributed by atoms with van der Waals surface area (Å²) in [5, 5.41) is 0. The summed E-state index contributed by atoms with van der Waals surface area (Å²) in [7, 11) is 0. The van der Waals surface area contributed by atoms with E-state index < -0.39 is 0 Å². The Morgan fingerprint density at radius 2 is 2.33 bits per heavy atom. The maximum absolute atomic E-state index is 5.97. The van der Waals surface area contributed by atoms with Gasteiger partial charge in [-0.05, 0) is 26.7 Å². The Morgan fingerprint density at radius 3 is 2.67 bits per heavy atom. The zero-order valence-corrected chi connectivity index (χ0v) is 8.32. The molecule has 1 aromatic heterocycles. The van der Waals surface area contributed by atoms with Gasteiger partial charge in [0, 0.05) is 16.3 Å². The van der Waals surface area contributed by atoms with Crippen LogP contribution in [0.15, 0.2) is 5.51 Å². The van der Waals surface area contributed by atoms with E-state index in [9.17, 15) is 0 Å². The highest BCUT2D eigenvalue weighted by Gasteiger charge is 2.49. The van der Waals surface area contributed by atoms with Crippen molar-refractivity contribution in [2.45, 2.75) is 38.1 Å². The number of nitrogens with zero attached hydrogens (tertiary/aromatic N) is 1. The Hall–Kier alpha value is -0.410. The molecule has 12 heavy (non-hydrogen) atoms. The SMILES string of the molecule is Cc1ncsc1C1(C(C)N)CC1. The van der Waals surface area contributed by atoms with E-state index in [4.69, 9.17) is 5.73 Å². The van der Waals surface area contributed by atoms with Crippen molar-refractivity contribution in [1.29, 1.82) is 0 Å². The predicted molar refractivity (Wildman–Crippen MR) is 51.4 cm³/mol. The molecule has 1 heterocycles. The second-order valence-electron chi connectivity index (χ2n) is 3.71. The van der Waals surface area contributed by atoms with Crippen molar-refractivity contribution in [3.63, 3.8) is 0 Å². The summed E-state index contributed by atoms with van der Waals surface area (Å²) in [6.07, 6.45) is 2.49. The summed E-state index contributed by atoms with van der Waals surface area (Å²) in [6, 6.07) is 0.275. The Bertz CT molecular complexity index is 286. The highest BCUT2D eigenvalue weighted by molar-refractivity contribution is 7.10. The molecule has 0 aliphatic heterocycles. The van der Waals surface area contributed by atoms with Crippen LogP contribution in [0.2, 0.25) is 0 Å². The lowest BCUT2D eigenvalue weighted by atomic mass is 9.96. The van der Waals surface area contributed by atoms with Crippen LogP contribution in [-0.4, -0.2) is 11.0 Å². The molecule has 2 rings (SSSR count). The minimum atomic E-state index is 0.275. The summed E-state index contributed by atoms with van der Waals surface area (Å²) >= 11 is 1.76. The van der Waals surface area contributed by atoms with Crippen molar-refractivity contribution in [1.82, 2.24) is 4.98 Å². The zero-order valence-electron chi connectivity index (χ0n) is 7.50. The van der Waals surface area contributed by atoms with Crippen LogP contribution in [0, 0.1) is 6.92 Å². The van der Waals surface area contributed by atoms with E-state index in [0.29, 0.717) is 5.41 Å². The van der Waals surface area contributed by atoms with Gasteiger partial charge in [0.2, 0.25) is 0 Å². The number of aromatic nitrogens is 1. The first-order valence-corrected chi connectivity index (χ1v) is 5.21. The summed E-state index contributed by atoms with van der Waals surface area (Å²) in [5.41, 5.74) is 9.37. The molecule has 2 nitrogen and oxygen atoms in total. The van der Waals surface area contributed by atoms with Gasteiger partial charge in [-0.15, -0.1) is 11.3 Å². The fourth-order valence-corrected chi connectivity index (χ4v) is 2.97. The number of hydrogen-bond donors (Lipinski definition) is 1. The molecular weight excluding hydrogens is 168 g/mol. The molecule has 1 fully saturated rings. The molecule has 1 unspecified atom stereocenters. The smallest absolute Gasteiger partial charge is 0.0797 e. The largest absolute Gasteiger partial charge is 0.327 e. The van der Waals surface area contributed by atoms with Crippen LogP contribution in [0.5, 0.6) is 0 Å². The van der Waals surface area contributed by atoms with Crippen molar-refractivity contribution >= 4 is 11.3 Å². The molecule has 2 N–H and O–H groups in total. The van der Waals surface area contributed by atoms with Crippen molar-refractivity contribution in [3.8, 4) is 0 Å². The summed E-state index contributed by atoms with van der Waals surface area (Å²) in [4.78, 5) is 5.68. The maximum Gasteiger partial charge on any atom is 0.0797 e. The van der Waals surface area contributed by atoms with E-state index in [1.165, 1.54) is 23.4 Å². The van der Waals surface area contributed by atoms with Crippen LogP contribution >= 0.6 is 11.3 Å². The standard InChI is InChI=1S/C9H14N2S/c1-6-8(12-5-11-6)9(3-4-9)7(2)10/h5,7H,3-4,10H2,1-2H3. The Labute approximate surface area is 76.8 Å². The van der Waals surface area contributed by atoms with E-state index in [-0.39, 0.29) is 6.04 Å². The molecule has 0 spiro atoms. The molecule has 3 heteroatoms. The molecule has 1 aliphatic rings. The van der Waals surface area contributed by atoms with Gasteiger partial charge >= 0.3 is 0 Å². The molecule has 1 saturated carbocycles. The quantitative estimate of drug-likeness (QED) is 0.758. The third-order valence-corrected chi connectivity index (χ3v) is 4.01. The molecule has 0 amide bonds. The number of hydrogen-bond acceptors (Lipinski definition) is 3. The van der Waals surface area contributed by atoms with Crippen LogP contribution < -0.4 is 5.73 Å². The molecule has 0 radical (unpaired) electrons. The van der Waals surface area contributed by atoms with Gasteiger partial charge in [0.05, 0.1) is 11.2 Å². The van der Waals surface area contributed by atoms with Crippen LogP contribution in [0.25, 0.3) is 0 Å². The van der Waals surface area contributed by atoms with Crippen molar-refractivity contribution in [2.75, 3.05) is 0 Å². The number of aryl methyl sites for hydroxylation is 1. The predicted octanol–water partition coefficient (Wildman–Crippen LogP) is 1.83. The van der Waals surface area contributed by atoms with Crippen LogP contribution in [-0.2, 0) is 5.41 Å². The van der Waals surface area contributed by atoms with Crippen molar-refractivity contribution < 1.29 is 0 Å². The van der Waals surface area contributed by atoms with Gasteiger partial charge in [-0.2, -0.15) is 0 Å². The molecule has 0 aromatic carbocycles. The summed E-state index contributed by atoms with van der Waals surface area (Å²) in [5.74, 6) is 0. The molecule has 1 atom stereocenters. The van der Waals surface area contributed by atoms with Gasteiger partial charge in [0.15, 0.2) is 0 Å². The Balaban J connectivity index is 2.36. The first-order valence-electron chi connectivity index (χ1n) is 4.33. The zero-order chi connectivity index (χ0) is 8.77. The third-order valence-electron chi connectivity index (χ3n) is 2.86. The average molecular weight is 182 g/mol. The summed E-state index contributed by atoms with van der Waals surface area (Å²) < 4.78 is 0. The second kappa shape index (κ2) is 2.54. The normalized spacial score (nSPS) is 22.2. The maximum atomic E-state index is 5.97. The first kappa shape index (κ1) is 8.20. The van der Waals surface area contributed by atoms with Gasteiger partial charge in [-0.25, -0.2) is 4.98 Å². The average Bonchev–Trinajstić information content (AvgIpc) is 2.71. The molecule has 66 valence electrons. The minimum Gasteiger partial charge on any atom is -0.327 e. The van der Waals surface area contributed by atoms with Gasteiger partial charge in [0.1, 0.15) is 0 Å². The molecular formula is C9H14N2S. The van der Waals surface area contributed by atoms with E-state index >= 15 is 0 Å². The van der Waals surface area contributed by atoms with Crippen LogP contribution in [0.3, 0.4) is 0 Å². The van der Waals surface area contributed by atoms with Gasteiger partial charge in [-0.1, -0.05) is 0 Å². The molecule has 1 aromatic rings. The topological polar surface area (TPSA) is 38.9 Å². The lowest BCUT2D eigenvalue weighted by Gasteiger charge is -2.18. The number of nitrogens with two attached hydrogens (primary N) is 1. The van der Waals surface area contributed by atoms with Gasteiger partial charge in [-0.3, -0.25) is 0 Å². The van der Waals surface area contributed by atoms with E-state index in [2.05, 4.69) is 18.8 Å². The summed E-state index contributed by atoms with van der Waals surface area (Å²) in [6.45, 7) is 4.18.